The summed E-state index contributed by atoms with van der Waals surface area (Å²) >= 11 is 5.92. The van der Waals surface area contributed by atoms with Crippen LogP contribution in [-0.2, 0) is 4.79 Å². The van der Waals surface area contributed by atoms with E-state index in [1.165, 1.54) is 0 Å². The maximum Gasteiger partial charge on any atom is 0.337 e. The maximum atomic E-state index is 12.4. The van der Waals surface area contributed by atoms with Crippen molar-refractivity contribution in [3.05, 3.63) is 107 Å². The van der Waals surface area contributed by atoms with E-state index in [2.05, 4.69) is 26.6 Å². The Kier molecular flexibility index (Phi) is 7.64. The summed E-state index contributed by atoms with van der Waals surface area (Å²) in [6, 6.07) is 20.3. The number of carboxylic acid groups (broad SMARTS) is 1. The molecule has 41 heavy (non-hydrogen) atoms. The molecule has 1 aliphatic heterocycles. The lowest BCUT2D eigenvalue weighted by Crippen LogP contribution is -2.29. The van der Waals surface area contributed by atoms with Crippen LogP contribution in [0.4, 0.5) is 11.4 Å². The number of amides is 1. The summed E-state index contributed by atoms with van der Waals surface area (Å²) in [6.07, 6.45) is 1.77. The summed E-state index contributed by atoms with van der Waals surface area (Å²) in [5.74, 6) is -1.15. The van der Waals surface area contributed by atoms with Crippen LogP contribution in [0, 0.1) is 26.7 Å². The fourth-order valence-corrected chi connectivity index (χ4v) is 5.82. The van der Waals surface area contributed by atoms with Gasteiger partial charge in [0.05, 0.1) is 29.0 Å². The van der Waals surface area contributed by atoms with Gasteiger partial charge in [-0.05, 0) is 92.6 Å². The Balaban J connectivity index is 1.65. The van der Waals surface area contributed by atoms with Crippen LogP contribution in [0.3, 0.4) is 0 Å². The molecule has 5 rings (SSSR count). The van der Waals surface area contributed by atoms with Crippen LogP contribution in [0.15, 0.2) is 72.9 Å². The third-order valence-electron chi connectivity index (χ3n) is 7.53. The fourth-order valence-electron chi connectivity index (χ4n) is 5.47. The summed E-state index contributed by atoms with van der Waals surface area (Å²) < 4.78 is 1.99. The molecule has 210 valence electrons. The van der Waals surface area contributed by atoms with Crippen LogP contribution in [0.25, 0.3) is 5.69 Å². The lowest BCUT2D eigenvalue weighted by molar-refractivity contribution is -0.118. The van der Waals surface area contributed by atoms with Gasteiger partial charge in [-0.2, -0.15) is 0 Å². The van der Waals surface area contributed by atoms with Gasteiger partial charge < -0.3 is 25.2 Å². The van der Waals surface area contributed by atoms with Crippen molar-refractivity contribution in [2.45, 2.75) is 46.7 Å². The van der Waals surface area contributed by atoms with Crippen molar-refractivity contribution in [3.8, 4) is 5.69 Å². The van der Waals surface area contributed by atoms with Gasteiger partial charge in [-0.1, -0.05) is 32.0 Å². The van der Waals surface area contributed by atoms with E-state index in [0.717, 1.165) is 39.6 Å². The summed E-state index contributed by atoms with van der Waals surface area (Å²) in [5.41, 5.74) is 7.05. The minimum Gasteiger partial charge on any atom is -0.478 e. The lowest BCUT2D eigenvalue weighted by Gasteiger charge is -2.29. The van der Waals surface area contributed by atoms with Crippen molar-refractivity contribution in [3.63, 3.8) is 0 Å². The number of hydrogen-bond donors (Lipinski definition) is 3. The first-order valence-electron chi connectivity index (χ1n) is 13.5. The summed E-state index contributed by atoms with van der Waals surface area (Å²) in [7, 11) is 0. The van der Waals surface area contributed by atoms with Gasteiger partial charge in [-0.15, -0.1) is 0 Å². The second-order valence-electron chi connectivity index (χ2n) is 10.6. The molecule has 1 amide bonds. The number of aryl methyl sites for hydroxylation is 2. The zero-order valence-electron chi connectivity index (χ0n) is 23.7. The number of carboxylic acids is 1. The molecule has 0 bridgehead atoms. The highest BCUT2D eigenvalue weighted by atomic mass is 32.1. The molecule has 3 heterocycles. The Labute approximate surface area is 245 Å². The third-order valence-corrected chi connectivity index (χ3v) is 7.85. The van der Waals surface area contributed by atoms with Crippen LogP contribution in [0.1, 0.15) is 64.5 Å². The first-order chi connectivity index (χ1) is 19.6. The van der Waals surface area contributed by atoms with Crippen molar-refractivity contribution in [2.24, 2.45) is 5.92 Å². The molecule has 8 nitrogen and oxygen atoms in total. The van der Waals surface area contributed by atoms with Crippen molar-refractivity contribution in [2.75, 3.05) is 10.2 Å². The second kappa shape index (κ2) is 11.2. The largest absolute Gasteiger partial charge is 0.478 e. The Morgan fingerprint density at radius 3 is 2.41 bits per heavy atom. The number of rotatable bonds is 7. The zero-order valence-corrected chi connectivity index (χ0v) is 24.5. The first kappa shape index (κ1) is 28.0. The van der Waals surface area contributed by atoms with Gasteiger partial charge in [-0.3, -0.25) is 9.78 Å². The fraction of sp³-hybridized carbons (Fsp3) is 0.250. The van der Waals surface area contributed by atoms with Crippen LogP contribution in [0.5, 0.6) is 0 Å². The van der Waals surface area contributed by atoms with E-state index in [-0.39, 0.29) is 29.5 Å². The van der Waals surface area contributed by atoms with Crippen LogP contribution in [0.2, 0.25) is 0 Å². The SMILES string of the molecule is Cc1cc(N2C(=S)N[C@H](c3ccccn3)[C@H]2c2cc(C)n(-c3ccccc3C(=O)O)c2C)ccc1NC(=O)C(C)C. The zero-order chi connectivity index (χ0) is 29.4. The summed E-state index contributed by atoms with van der Waals surface area (Å²) in [6.45, 7) is 9.67. The molecule has 4 aromatic rings. The Morgan fingerprint density at radius 2 is 1.76 bits per heavy atom. The van der Waals surface area contributed by atoms with Gasteiger partial charge in [0.25, 0.3) is 0 Å². The standard InChI is InChI=1S/C32H33N5O3S/c1-18(2)30(38)34-25-14-13-22(16-19(25)3)37-29(28(35-32(37)41)26-11-8-9-15-33-26)24-17-20(4)36(21(24)5)27-12-7-6-10-23(27)31(39)40/h6-18,28-29H,1-5H3,(H,34,38)(H,35,41)(H,39,40)/t28-,29-/m1/s1. The number of benzene rings is 2. The minimum absolute atomic E-state index is 0.0404. The molecule has 0 radical (unpaired) electrons. The van der Waals surface area contributed by atoms with E-state index in [9.17, 15) is 14.7 Å². The predicted molar refractivity (Wildman–Crippen MR) is 165 cm³/mol. The average Bonchev–Trinajstić information content (AvgIpc) is 3.44. The van der Waals surface area contributed by atoms with Gasteiger partial charge in [0.1, 0.15) is 0 Å². The second-order valence-corrected chi connectivity index (χ2v) is 11.0. The number of aromatic nitrogens is 2. The summed E-state index contributed by atoms with van der Waals surface area (Å²) in [5, 5.41) is 16.9. The molecular weight excluding hydrogens is 534 g/mol. The lowest BCUT2D eigenvalue weighted by atomic mass is 9.96. The van der Waals surface area contributed by atoms with Gasteiger partial charge in [0.2, 0.25) is 5.91 Å². The third kappa shape index (κ3) is 5.20. The number of para-hydroxylation sites is 1. The number of aromatic carboxylic acids is 1. The maximum absolute atomic E-state index is 12.4. The molecule has 0 unspecified atom stereocenters. The number of nitrogens with one attached hydrogen (secondary N) is 2. The van der Waals surface area contributed by atoms with Crippen molar-refractivity contribution in [1.29, 1.82) is 0 Å². The number of carbonyl (C=O) groups excluding carboxylic acids is 1. The Morgan fingerprint density at radius 1 is 1.02 bits per heavy atom. The molecule has 3 N–H and O–H groups in total. The van der Waals surface area contributed by atoms with Crippen molar-refractivity contribution in [1.82, 2.24) is 14.9 Å². The molecule has 0 spiro atoms. The molecule has 2 aromatic carbocycles. The number of anilines is 2. The molecular formula is C32H33N5O3S. The first-order valence-corrected chi connectivity index (χ1v) is 13.9. The van der Waals surface area contributed by atoms with E-state index in [4.69, 9.17) is 12.2 Å². The van der Waals surface area contributed by atoms with E-state index >= 15 is 0 Å². The van der Waals surface area contributed by atoms with Crippen LogP contribution >= 0.6 is 12.2 Å². The van der Waals surface area contributed by atoms with Crippen molar-refractivity contribution >= 4 is 40.6 Å². The number of pyridine rings is 1. The van der Waals surface area contributed by atoms with E-state index in [1.807, 2.05) is 87.7 Å². The predicted octanol–water partition coefficient (Wildman–Crippen LogP) is 6.27. The highest BCUT2D eigenvalue weighted by molar-refractivity contribution is 7.80. The highest BCUT2D eigenvalue weighted by Crippen LogP contribution is 2.44. The van der Waals surface area contributed by atoms with Crippen LogP contribution < -0.4 is 15.5 Å². The number of nitrogens with zero attached hydrogens (tertiary/aromatic N) is 3. The average molecular weight is 568 g/mol. The molecule has 1 fully saturated rings. The monoisotopic (exact) mass is 567 g/mol. The molecule has 0 saturated carbocycles. The Bertz CT molecular complexity index is 1650. The molecule has 1 aliphatic rings. The highest BCUT2D eigenvalue weighted by Gasteiger charge is 2.42. The molecule has 2 aromatic heterocycles. The molecule has 9 heteroatoms. The molecule has 2 atom stereocenters. The smallest absolute Gasteiger partial charge is 0.337 e. The normalized spacial score (nSPS) is 16.6. The van der Waals surface area contributed by atoms with Crippen LogP contribution in [-0.4, -0.2) is 31.6 Å². The number of thiocarbonyl (C=S) groups is 1. The number of hydrogen-bond acceptors (Lipinski definition) is 4. The van der Waals surface area contributed by atoms with Gasteiger partial charge in [0.15, 0.2) is 5.11 Å². The number of carbonyl (C=O) groups is 2. The van der Waals surface area contributed by atoms with Crippen molar-refractivity contribution < 1.29 is 14.7 Å². The molecule has 1 saturated heterocycles. The van der Waals surface area contributed by atoms with E-state index < -0.39 is 5.97 Å². The summed E-state index contributed by atoms with van der Waals surface area (Å²) in [4.78, 5) is 31.2. The minimum atomic E-state index is -0.980. The van der Waals surface area contributed by atoms with Gasteiger partial charge in [-0.25, -0.2) is 4.79 Å². The Hall–Kier alpha value is -4.50. The van der Waals surface area contributed by atoms with E-state index in [1.54, 1.807) is 18.3 Å². The quantitative estimate of drug-likeness (QED) is 0.227. The molecule has 0 aliphatic carbocycles. The van der Waals surface area contributed by atoms with Gasteiger partial charge in [0, 0.05) is 34.9 Å². The van der Waals surface area contributed by atoms with Gasteiger partial charge >= 0.3 is 5.97 Å². The van der Waals surface area contributed by atoms with E-state index in [0.29, 0.717) is 10.8 Å². The topological polar surface area (TPSA) is 99.5 Å².